The fourth-order valence-electron chi connectivity index (χ4n) is 5.10. The number of nitrogens with zero attached hydrogens (tertiary/aromatic N) is 3. The van der Waals surface area contributed by atoms with Gasteiger partial charge in [0.25, 0.3) is 11.5 Å². The summed E-state index contributed by atoms with van der Waals surface area (Å²) >= 11 is 1.55. The molecule has 29 heavy (non-hydrogen) atoms. The number of amides is 1. The summed E-state index contributed by atoms with van der Waals surface area (Å²) in [6.45, 7) is 1.30. The van der Waals surface area contributed by atoms with Crippen LogP contribution in [0.15, 0.2) is 29.1 Å². The highest BCUT2D eigenvalue weighted by molar-refractivity contribution is 7.18. The molecule has 0 radical (unpaired) electrons. The third kappa shape index (κ3) is 2.55. The smallest absolute Gasteiger partial charge is 0.290 e. The Bertz CT molecular complexity index is 1200. The number of rotatable bonds is 2. The molecule has 3 aliphatic rings. The minimum atomic E-state index is -0.250. The van der Waals surface area contributed by atoms with Gasteiger partial charge in [-0.05, 0) is 55.5 Å². The SMILES string of the molecule is O=C(c1nc2sc3c(c2c(=O)[nH]1)CCC3)N1C[C@@H]2C[C@H]1CN2c1ccc(F)cc1. The Morgan fingerprint density at radius 2 is 2.00 bits per heavy atom. The number of thiophene rings is 1. The van der Waals surface area contributed by atoms with Crippen LogP contribution >= 0.6 is 11.3 Å². The molecule has 2 bridgehead atoms. The second-order valence-electron chi connectivity index (χ2n) is 8.08. The minimum Gasteiger partial charge on any atom is -0.365 e. The number of benzene rings is 1. The Hall–Kier alpha value is -2.74. The summed E-state index contributed by atoms with van der Waals surface area (Å²) in [4.78, 5) is 39.0. The van der Waals surface area contributed by atoms with Crippen LogP contribution < -0.4 is 10.5 Å². The normalized spacial score (nSPS) is 22.7. The Morgan fingerprint density at radius 1 is 1.17 bits per heavy atom. The number of fused-ring (bicyclic) bond motifs is 5. The van der Waals surface area contributed by atoms with Crippen LogP contribution in [0.2, 0.25) is 0 Å². The number of carbonyl (C=O) groups is 1. The number of carbonyl (C=O) groups excluding carboxylic acids is 1. The van der Waals surface area contributed by atoms with Gasteiger partial charge in [0.15, 0.2) is 0 Å². The molecule has 2 aromatic heterocycles. The Labute approximate surface area is 170 Å². The summed E-state index contributed by atoms with van der Waals surface area (Å²) in [6.07, 6.45) is 3.87. The van der Waals surface area contributed by atoms with Crippen molar-refractivity contribution >= 4 is 33.1 Å². The van der Waals surface area contributed by atoms with Crippen molar-refractivity contribution in [1.29, 1.82) is 0 Å². The Morgan fingerprint density at radius 3 is 2.76 bits per heavy atom. The van der Waals surface area contributed by atoms with E-state index in [4.69, 9.17) is 0 Å². The molecule has 2 fully saturated rings. The quantitative estimate of drug-likeness (QED) is 0.705. The first-order valence-corrected chi connectivity index (χ1v) is 10.8. The molecule has 2 atom stereocenters. The van der Waals surface area contributed by atoms with Crippen molar-refractivity contribution in [1.82, 2.24) is 14.9 Å². The van der Waals surface area contributed by atoms with Gasteiger partial charge in [-0.25, -0.2) is 9.37 Å². The maximum absolute atomic E-state index is 13.2. The molecule has 2 saturated heterocycles. The molecular formula is C21H19FN4O2S. The molecule has 1 aliphatic carbocycles. The van der Waals surface area contributed by atoms with Crippen LogP contribution in [-0.4, -0.2) is 45.9 Å². The zero-order chi connectivity index (χ0) is 19.7. The number of aromatic amines is 1. The van der Waals surface area contributed by atoms with Gasteiger partial charge in [0.1, 0.15) is 10.6 Å². The number of piperazine rings is 1. The summed E-state index contributed by atoms with van der Waals surface area (Å²) in [5, 5.41) is 0.671. The van der Waals surface area contributed by atoms with E-state index in [1.54, 1.807) is 23.5 Å². The predicted molar refractivity (Wildman–Crippen MR) is 109 cm³/mol. The Kier molecular flexibility index (Phi) is 3.62. The lowest BCUT2D eigenvalue weighted by Gasteiger charge is -2.35. The van der Waals surface area contributed by atoms with E-state index < -0.39 is 0 Å². The molecule has 6 rings (SSSR count). The minimum absolute atomic E-state index is 0.0758. The molecule has 8 heteroatoms. The number of hydrogen-bond acceptors (Lipinski definition) is 5. The average molecular weight is 410 g/mol. The van der Waals surface area contributed by atoms with Crippen molar-refractivity contribution in [3.63, 3.8) is 0 Å². The number of H-pyrrole nitrogens is 1. The van der Waals surface area contributed by atoms with Gasteiger partial charge in [0.05, 0.1) is 11.4 Å². The molecule has 148 valence electrons. The molecule has 0 unspecified atom stereocenters. The third-order valence-electron chi connectivity index (χ3n) is 6.44. The lowest BCUT2D eigenvalue weighted by Crippen LogP contribution is -2.49. The van der Waals surface area contributed by atoms with E-state index in [1.807, 2.05) is 4.90 Å². The summed E-state index contributed by atoms with van der Waals surface area (Å²) in [5.74, 6) is -0.313. The second-order valence-corrected chi connectivity index (χ2v) is 9.17. The molecule has 6 nitrogen and oxygen atoms in total. The van der Waals surface area contributed by atoms with E-state index in [-0.39, 0.29) is 35.2 Å². The van der Waals surface area contributed by atoms with E-state index in [0.717, 1.165) is 36.9 Å². The second kappa shape index (κ2) is 6.13. The predicted octanol–water partition coefficient (Wildman–Crippen LogP) is 2.72. The first-order valence-electron chi connectivity index (χ1n) is 9.96. The number of aryl methyl sites for hydroxylation is 2. The highest BCUT2D eigenvalue weighted by atomic mass is 32.1. The number of halogens is 1. The molecule has 2 aliphatic heterocycles. The molecule has 0 saturated carbocycles. The first kappa shape index (κ1) is 17.1. The highest BCUT2D eigenvalue weighted by Gasteiger charge is 2.46. The Balaban J connectivity index is 1.27. The lowest BCUT2D eigenvalue weighted by molar-refractivity contribution is 0.0713. The van der Waals surface area contributed by atoms with Gasteiger partial charge in [0, 0.05) is 29.7 Å². The number of hydrogen-bond donors (Lipinski definition) is 1. The topological polar surface area (TPSA) is 69.3 Å². The fraction of sp³-hybridized carbons (Fsp3) is 0.381. The van der Waals surface area contributed by atoms with E-state index in [0.29, 0.717) is 23.3 Å². The standard InChI is InChI=1S/C21H19FN4O2S/c22-11-4-6-12(7-5-11)25-9-14-8-13(25)10-26(14)21(28)18-23-19(27)17-15-2-1-3-16(15)29-20(17)24-18/h4-7,13-14H,1-3,8-10H2,(H,23,24,27)/t13-,14-/m0/s1. The molecule has 1 amide bonds. The van der Waals surface area contributed by atoms with Crippen LogP contribution in [0.4, 0.5) is 10.1 Å². The average Bonchev–Trinajstić information content (AvgIpc) is 3.47. The number of aromatic nitrogens is 2. The molecule has 3 aromatic rings. The maximum atomic E-state index is 13.2. The van der Waals surface area contributed by atoms with Gasteiger partial charge in [0.2, 0.25) is 5.82 Å². The van der Waals surface area contributed by atoms with Crippen LogP contribution in [0.1, 0.15) is 33.9 Å². The molecule has 1 N–H and O–H groups in total. The van der Waals surface area contributed by atoms with Crippen LogP contribution in [-0.2, 0) is 12.8 Å². The first-order chi connectivity index (χ1) is 14.1. The monoisotopic (exact) mass is 410 g/mol. The van der Waals surface area contributed by atoms with Crippen molar-refractivity contribution in [2.75, 3.05) is 18.0 Å². The van der Waals surface area contributed by atoms with Crippen molar-refractivity contribution in [3.05, 3.63) is 56.7 Å². The summed E-state index contributed by atoms with van der Waals surface area (Å²) in [6, 6.07) is 6.78. The zero-order valence-electron chi connectivity index (χ0n) is 15.7. The van der Waals surface area contributed by atoms with E-state index in [1.165, 1.54) is 17.0 Å². The van der Waals surface area contributed by atoms with Crippen molar-refractivity contribution in [2.45, 2.75) is 37.8 Å². The maximum Gasteiger partial charge on any atom is 0.290 e. The van der Waals surface area contributed by atoms with Crippen molar-refractivity contribution < 1.29 is 9.18 Å². The largest absolute Gasteiger partial charge is 0.365 e. The summed E-state index contributed by atoms with van der Waals surface area (Å²) < 4.78 is 13.2. The molecule has 1 aromatic carbocycles. The van der Waals surface area contributed by atoms with Crippen LogP contribution in [0.25, 0.3) is 10.2 Å². The van der Waals surface area contributed by atoms with E-state index >= 15 is 0 Å². The van der Waals surface area contributed by atoms with Gasteiger partial charge in [-0.15, -0.1) is 11.3 Å². The van der Waals surface area contributed by atoms with Crippen molar-refractivity contribution in [3.8, 4) is 0 Å². The summed E-state index contributed by atoms with van der Waals surface area (Å²) in [7, 11) is 0. The van der Waals surface area contributed by atoms with Gasteiger partial charge in [-0.1, -0.05) is 0 Å². The zero-order valence-corrected chi connectivity index (χ0v) is 16.5. The van der Waals surface area contributed by atoms with Crippen LogP contribution in [0, 0.1) is 5.82 Å². The van der Waals surface area contributed by atoms with E-state index in [2.05, 4.69) is 14.9 Å². The van der Waals surface area contributed by atoms with Crippen LogP contribution in [0.3, 0.4) is 0 Å². The highest BCUT2D eigenvalue weighted by Crippen LogP contribution is 2.36. The molecule has 0 spiro atoms. The van der Waals surface area contributed by atoms with E-state index in [9.17, 15) is 14.0 Å². The van der Waals surface area contributed by atoms with Crippen LogP contribution in [0.5, 0.6) is 0 Å². The number of likely N-dealkylation sites (tertiary alicyclic amines) is 1. The van der Waals surface area contributed by atoms with Gasteiger partial charge in [-0.3, -0.25) is 9.59 Å². The molecular weight excluding hydrogens is 391 g/mol. The third-order valence-corrected chi connectivity index (χ3v) is 7.62. The summed E-state index contributed by atoms with van der Waals surface area (Å²) in [5.41, 5.74) is 1.90. The fourth-order valence-corrected chi connectivity index (χ4v) is 6.37. The molecule has 4 heterocycles. The van der Waals surface area contributed by atoms with Gasteiger partial charge >= 0.3 is 0 Å². The van der Waals surface area contributed by atoms with Crippen molar-refractivity contribution in [2.24, 2.45) is 0 Å². The van der Waals surface area contributed by atoms with Gasteiger partial charge in [-0.2, -0.15) is 0 Å². The number of anilines is 1. The number of nitrogens with one attached hydrogen (secondary N) is 1. The lowest BCUT2D eigenvalue weighted by atomic mass is 10.2. The van der Waals surface area contributed by atoms with Gasteiger partial charge < -0.3 is 14.8 Å².